The van der Waals surface area contributed by atoms with Crippen molar-refractivity contribution in [1.82, 2.24) is 9.55 Å². The number of amides is 1. The highest BCUT2D eigenvalue weighted by Crippen LogP contribution is 2.31. The largest absolute Gasteiger partial charge is 0.383 e. The van der Waals surface area contributed by atoms with Crippen LogP contribution in [0.25, 0.3) is 0 Å². The highest BCUT2D eigenvalue weighted by Gasteiger charge is 2.33. The Bertz CT molecular complexity index is 1210. The number of anilines is 2. The summed E-state index contributed by atoms with van der Waals surface area (Å²) in [5.41, 5.74) is 6.30. The predicted octanol–water partition coefficient (Wildman–Crippen LogP) is 3.41. The van der Waals surface area contributed by atoms with Crippen LogP contribution in [0.5, 0.6) is 0 Å². The van der Waals surface area contributed by atoms with E-state index in [4.69, 9.17) is 17.3 Å². The first-order valence-electron chi connectivity index (χ1n) is 10.2. The van der Waals surface area contributed by atoms with Crippen molar-refractivity contribution in [3.05, 3.63) is 91.6 Å². The van der Waals surface area contributed by atoms with Crippen molar-refractivity contribution in [2.45, 2.75) is 38.3 Å². The molecule has 3 aromatic rings. The fourth-order valence-electron chi connectivity index (χ4n) is 4.11. The van der Waals surface area contributed by atoms with E-state index in [9.17, 15) is 14.4 Å². The molecule has 0 bridgehead atoms. The molecule has 0 radical (unpaired) electrons. The van der Waals surface area contributed by atoms with Gasteiger partial charge in [0.25, 0.3) is 11.5 Å². The molecule has 1 aliphatic carbocycles. The second-order valence-electron chi connectivity index (χ2n) is 7.69. The van der Waals surface area contributed by atoms with E-state index in [2.05, 4.69) is 4.98 Å². The number of aromatic amines is 1. The molecule has 0 unspecified atom stereocenters. The van der Waals surface area contributed by atoms with Gasteiger partial charge in [0.15, 0.2) is 5.69 Å². The maximum atomic E-state index is 13.5. The minimum Gasteiger partial charge on any atom is -0.383 e. The van der Waals surface area contributed by atoms with E-state index < -0.39 is 11.2 Å². The van der Waals surface area contributed by atoms with Gasteiger partial charge in [0, 0.05) is 16.6 Å². The highest BCUT2D eigenvalue weighted by molar-refractivity contribution is 6.31. The Morgan fingerprint density at radius 2 is 1.81 bits per heavy atom. The van der Waals surface area contributed by atoms with Crippen molar-refractivity contribution in [1.29, 1.82) is 0 Å². The lowest BCUT2D eigenvalue weighted by Gasteiger charge is -2.30. The number of nitrogens with zero attached hydrogens (tertiary/aromatic N) is 2. The van der Waals surface area contributed by atoms with Crippen molar-refractivity contribution in [2.24, 2.45) is 0 Å². The van der Waals surface area contributed by atoms with Crippen molar-refractivity contribution < 1.29 is 4.79 Å². The molecule has 1 fully saturated rings. The zero-order valence-electron chi connectivity index (χ0n) is 16.9. The second kappa shape index (κ2) is 8.81. The Balaban J connectivity index is 1.85. The second-order valence-corrected chi connectivity index (χ2v) is 8.13. The van der Waals surface area contributed by atoms with Gasteiger partial charge in [-0.2, -0.15) is 0 Å². The van der Waals surface area contributed by atoms with Crippen LogP contribution < -0.4 is 21.9 Å². The van der Waals surface area contributed by atoms with Crippen LogP contribution in [-0.2, 0) is 6.54 Å². The molecule has 4 rings (SSSR count). The molecule has 1 aromatic heterocycles. The van der Waals surface area contributed by atoms with Crippen LogP contribution in [0.3, 0.4) is 0 Å². The Kier molecular flexibility index (Phi) is 5.95. The molecule has 160 valence electrons. The van der Waals surface area contributed by atoms with Gasteiger partial charge in [-0.05, 0) is 36.6 Å². The van der Waals surface area contributed by atoms with Crippen LogP contribution in [0, 0.1) is 0 Å². The van der Waals surface area contributed by atoms with Gasteiger partial charge >= 0.3 is 5.69 Å². The van der Waals surface area contributed by atoms with E-state index in [1.165, 1.54) is 9.47 Å². The lowest BCUT2D eigenvalue weighted by atomic mass is 10.1. The molecule has 0 saturated heterocycles. The minimum atomic E-state index is -0.672. The quantitative estimate of drug-likeness (QED) is 0.637. The summed E-state index contributed by atoms with van der Waals surface area (Å²) in [6.07, 6.45) is 3.41. The molecule has 3 N–H and O–H groups in total. The number of aromatic nitrogens is 2. The number of nitrogens with one attached hydrogen (secondary N) is 1. The summed E-state index contributed by atoms with van der Waals surface area (Å²) >= 11 is 6.09. The molecule has 0 aliphatic heterocycles. The summed E-state index contributed by atoms with van der Waals surface area (Å²) in [7, 11) is 0. The normalized spacial score (nSPS) is 14.0. The lowest BCUT2D eigenvalue weighted by molar-refractivity contribution is 0.0976. The lowest BCUT2D eigenvalue weighted by Crippen LogP contribution is -2.45. The Hall–Kier alpha value is -3.32. The number of hydrogen-bond donors (Lipinski definition) is 2. The topological polar surface area (TPSA) is 101 Å². The molecule has 1 heterocycles. The number of hydrogen-bond acceptors (Lipinski definition) is 4. The molecular formula is C23H23ClN4O3. The molecule has 1 amide bonds. The van der Waals surface area contributed by atoms with E-state index in [1.54, 1.807) is 24.3 Å². The summed E-state index contributed by atoms with van der Waals surface area (Å²) in [6, 6.07) is 15.7. The molecule has 8 heteroatoms. The van der Waals surface area contributed by atoms with Crippen LogP contribution in [-0.4, -0.2) is 21.5 Å². The standard InChI is InChI=1S/C23H23ClN4O3/c24-17-10-6-9-16(13-17)22(30)28(18-11-4-5-12-18)19-20(25)27(23(31)26-21(19)29)14-15-7-2-1-3-8-15/h1-3,6-10,13,18H,4-5,11-12,14,25H2,(H,26,29,31). The number of benzene rings is 2. The van der Waals surface area contributed by atoms with Crippen molar-refractivity contribution in [3.8, 4) is 0 Å². The monoisotopic (exact) mass is 438 g/mol. The van der Waals surface area contributed by atoms with E-state index in [-0.39, 0.29) is 30.0 Å². The van der Waals surface area contributed by atoms with Gasteiger partial charge in [0.1, 0.15) is 5.82 Å². The van der Waals surface area contributed by atoms with Gasteiger partial charge < -0.3 is 5.73 Å². The smallest absolute Gasteiger partial charge is 0.330 e. The SMILES string of the molecule is Nc1c(N(C(=O)c2cccc(Cl)c2)C2CCCC2)c(=O)[nH]c(=O)n1Cc1ccccc1. The highest BCUT2D eigenvalue weighted by atomic mass is 35.5. The van der Waals surface area contributed by atoms with E-state index in [0.717, 1.165) is 31.2 Å². The van der Waals surface area contributed by atoms with Crippen LogP contribution in [0.15, 0.2) is 64.2 Å². The number of halogens is 1. The Morgan fingerprint density at radius 1 is 1.10 bits per heavy atom. The number of nitrogens with two attached hydrogens (primary N) is 1. The van der Waals surface area contributed by atoms with Crippen molar-refractivity contribution in [2.75, 3.05) is 10.6 Å². The summed E-state index contributed by atoms with van der Waals surface area (Å²) < 4.78 is 1.29. The summed E-state index contributed by atoms with van der Waals surface area (Å²) in [4.78, 5) is 42.8. The van der Waals surface area contributed by atoms with E-state index >= 15 is 0 Å². The average molecular weight is 439 g/mol. The third-order valence-corrected chi connectivity index (χ3v) is 5.85. The molecule has 31 heavy (non-hydrogen) atoms. The number of H-pyrrole nitrogens is 1. The first-order valence-corrected chi connectivity index (χ1v) is 10.6. The van der Waals surface area contributed by atoms with Gasteiger partial charge in [-0.15, -0.1) is 0 Å². The third-order valence-electron chi connectivity index (χ3n) is 5.62. The zero-order chi connectivity index (χ0) is 22.0. The summed E-state index contributed by atoms with van der Waals surface area (Å²) in [6.45, 7) is 0.180. The molecule has 7 nitrogen and oxygen atoms in total. The maximum absolute atomic E-state index is 13.5. The molecular weight excluding hydrogens is 416 g/mol. The van der Waals surface area contributed by atoms with Crippen LogP contribution in [0.4, 0.5) is 11.5 Å². The van der Waals surface area contributed by atoms with Crippen LogP contribution in [0.2, 0.25) is 5.02 Å². The Morgan fingerprint density at radius 3 is 2.48 bits per heavy atom. The third kappa shape index (κ3) is 4.27. The fraction of sp³-hybridized carbons (Fsp3) is 0.261. The number of carbonyl (C=O) groups is 1. The number of rotatable bonds is 5. The van der Waals surface area contributed by atoms with Gasteiger partial charge in [-0.3, -0.25) is 24.0 Å². The van der Waals surface area contributed by atoms with E-state index in [1.807, 2.05) is 30.3 Å². The average Bonchev–Trinajstić information content (AvgIpc) is 3.29. The number of carbonyl (C=O) groups excluding carboxylic acids is 1. The van der Waals surface area contributed by atoms with Gasteiger partial charge in [-0.25, -0.2) is 4.79 Å². The Labute approximate surface area is 184 Å². The molecule has 0 spiro atoms. The fourth-order valence-corrected chi connectivity index (χ4v) is 4.30. The van der Waals surface area contributed by atoms with Gasteiger partial charge in [0.05, 0.1) is 6.54 Å². The summed E-state index contributed by atoms with van der Waals surface area (Å²) in [5, 5.41) is 0.424. The molecule has 1 saturated carbocycles. The van der Waals surface area contributed by atoms with Crippen LogP contribution >= 0.6 is 11.6 Å². The van der Waals surface area contributed by atoms with Crippen molar-refractivity contribution >= 4 is 29.0 Å². The summed E-state index contributed by atoms with van der Waals surface area (Å²) in [5.74, 6) is -0.392. The van der Waals surface area contributed by atoms with E-state index in [0.29, 0.717) is 10.6 Å². The molecule has 0 atom stereocenters. The van der Waals surface area contributed by atoms with Gasteiger partial charge in [-0.1, -0.05) is 60.8 Å². The molecule has 1 aliphatic rings. The van der Waals surface area contributed by atoms with Crippen LogP contribution in [0.1, 0.15) is 41.6 Å². The zero-order valence-corrected chi connectivity index (χ0v) is 17.6. The predicted molar refractivity (Wildman–Crippen MR) is 122 cm³/mol. The first kappa shape index (κ1) is 20.9. The van der Waals surface area contributed by atoms with Gasteiger partial charge in [0.2, 0.25) is 0 Å². The molecule has 2 aromatic carbocycles. The van der Waals surface area contributed by atoms with Crippen molar-refractivity contribution in [3.63, 3.8) is 0 Å². The number of nitrogen functional groups attached to an aromatic ring is 1. The minimum absolute atomic E-state index is 0.00686. The maximum Gasteiger partial charge on any atom is 0.330 e. The first-order chi connectivity index (χ1) is 15.0.